The molecule has 12 heteroatoms. The van der Waals surface area contributed by atoms with E-state index in [9.17, 15) is 24.6 Å². The number of phenols is 1. The molecule has 0 bridgehead atoms. The van der Waals surface area contributed by atoms with Crippen LogP contribution in [-0.2, 0) is 17.9 Å². The Kier molecular flexibility index (Phi) is 7.28. The molecule has 3 N–H and O–H groups in total. The Hall–Kier alpha value is -5.00. The summed E-state index contributed by atoms with van der Waals surface area (Å²) in [4.78, 5) is 49.5. The van der Waals surface area contributed by atoms with E-state index in [1.54, 1.807) is 30.3 Å². The monoisotopic (exact) mass is 504 g/mol. The van der Waals surface area contributed by atoms with E-state index < -0.39 is 23.3 Å². The molecule has 4 aromatic rings. The molecule has 0 aliphatic carbocycles. The number of carbonyl (C=O) groups is 1. The van der Waals surface area contributed by atoms with Crippen LogP contribution in [0.3, 0.4) is 0 Å². The van der Waals surface area contributed by atoms with E-state index in [-0.39, 0.29) is 24.8 Å². The van der Waals surface area contributed by atoms with Gasteiger partial charge >= 0.3 is 17.3 Å². The molecule has 190 valence electrons. The highest BCUT2D eigenvalue weighted by atomic mass is 16.5. The van der Waals surface area contributed by atoms with Gasteiger partial charge in [0.2, 0.25) is 11.8 Å². The van der Waals surface area contributed by atoms with Crippen molar-refractivity contribution in [1.29, 1.82) is 0 Å². The largest absolute Gasteiger partial charge is 0.508 e. The Bertz CT molecular complexity index is 1530. The number of benzene rings is 2. The third-order valence-electron chi connectivity index (χ3n) is 5.49. The second-order valence-electron chi connectivity index (χ2n) is 8.35. The number of hydrogen-bond acceptors (Lipinski definition) is 9. The predicted octanol–water partition coefficient (Wildman–Crippen LogP) is 2.51. The maximum absolute atomic E-state index is 13.3. The van der Waals surface area contributed by atoms with Gasteiger partial charge < -0.3 is 20.3 Å². The number of nitrogens with one attached hydrogen (secondary N) is 1. The quantitative estimate of drug-likeness (QED) is 0.309. The maximum atomic E-state index is 13.3. The molecule has 0 aliphatic rings. The number of aliphatic carboxylic acids is 1. The molecule has 0 fully saturated rings. The number of ether oxygens (including phenoxy) is 1. The highest BCUT2D eigenvalue weighted by Crippen LogP contribution is 2.27. The molecule has 2 aromatic heterocycles. The van der Waals surface area contributed by atoms with Gasteiger partial charge in [0, 0.05) is 24.6 Å². The second kappa shape index (κ2) is 10.7. The van der Waals surface area contributed by atoms with E-state index in [0.29, 0.717) is 22.9 Å². The minimum Gasteiger partial charge on any atom is -0.508 e. The molecular weight excluding hydrogens is 480 g/mol. The fourth-order valence-corrected chi connectivity index (χ4v) is 3.48. The highest BCUT2D eigenvalue weighted by molar-refractivity contribution is 5.69. The molecule has 0 unspecified atom stereocenters. The maximum Gasteiger partial charge on any atom is 0.354 e. The van der Waals surface area contributed by atoms with Crippen molar-refractivity contribution >= 4 is 17.6 Å². The van der Waals surface area contributed by atoms with E-state index in [1.165, 1.54) is 42.2 Å². The number of aromatic nitrogens is 5. The molecule has 0 saturated heterocycles. The lowest BCUT2D eigenvalue weighted by Gasteiger charge is -2.17. The summed E-state index contributed by atoms with van der Waals surface area (Å²) in [6.45, 7) is 2.91. The van der Waals surface area contributed by atoms with Crippen LogP contribution in [0.4, 0.5) is 11.6 Å². The van der Waals surface area contributed by atoms with Crippen LogP contribution in [-0.4, -0.2) is 40.3 Å². The van der Waals surface area contributed by atoms with Gasteiger partial charge in [0.1, 0.15) is 11.5 Å². The summed E-state index contributed by atoms with van der Waals surface area (Å²) in [5.74, 6) is -1.21. The molecule has 0 spiro atoms. The number of carboxylic acids is 1. The van der Waals surface area contributed by atoms with Gasteiger partial charge in [-0.25, -0.2) is 19.1 Å². The van der Waals surface area contributed by atoms with Crippen LogP contribution in [0.25, 0.3) is 0 Å². The first-order chi connectivity index (χ1) is 17.7. The molecule has 4 rings (SSSR count). The number of nitrogens with zero attached hydrogens (tertiary/aromatic N) is 5. The van der Waals surface area contributed by atoms with Crippen molar-refractivity contribution in [2.45, 2.75) is 26.9 Å². The number of aryl methyl sites for hydroxylation is 1. The zero-order chi connectivity index (χ0) is 26.5. The molecule has 37 heavy (non-hydrogen) atoms. The third-order valence-corrected chi connectivity index (χ3v) is 5.49. The smallest absolute Gasteiger partial charge is 0.354 e. The molecule has 0 saturated carbocycles. The molecule has 1 atom stereocenters. The van der Waals surface area contributed by atoms with E-state index in [0.717, 1.165) is 10.1 Å². The Morgan fingerprint density at radius 3 is 2.51 bits per heavy atom. The fraction of sp³-hybridized carbons (Fsp3) is 0.200. The van der Waals surface area contributed by atoms with Crippen LogP contribution in [0, 0.1) is 12.8 Å². The summed E-state index contributed by atoms with van der Waals surface area (Å²) < 4.78 is 7.78. The lowest BCUT2D eigenvalue weighted by Crippen LogP contribution is -2.44. The SMILES string of the molecule is Cc1cc(Nc2nc(=O)n(C[C@H](C)C(=O)O)c(=O)n2Cc2ccc(O)cc2)ccc1Oc1cnccn1. The van der Waals surface area contributed by atoms with Crippen LogP contribution in [0.1, 0.15) is 18.1 Å². The summed E-state index contributed by atoms with van der Waals surface area (Å²) in [6, 6.07) is 11.3. The summed E-state index contributed by atoms with van der Waals surface area (Å²) in [7, 11) is 0. The molecule has 2 heterocycles. The lowest BCUT2D eigenvalue weighted by molar-refractivity contribution is -0.141. The van der Waals surface area contributed by atoms with Crippen molar-refractivity contribution in [3.63, 3.8) is 0 Å². The van der Waals surface area contributed by atoms with Crippen LogP contribution in [0.15, 0.2) is 70.6 Å². The number of carboxylic acid groups (broad SMARTS) is 1. The first kappa shape index (κ1) is 25.1. The lowest BCUT2D eigenvalue weighted by atomic mass is 10.2. The van der Waals surface area contributed by atoms with E-state index >= 15 is 0 Å². The van der Waals surface area contributed by atoms with Crippen molar-refractivity contribution in [3.05, 3.63) is 93.2 Å². The molecule has 0 amide bonds. The molecule has 0 aliphatic heterocycles. The Morgan fingerprint density at radius 1 is 1.11 bits per heavy atom. The van der Waals surface area contributed by atoms with Gasteiger partial charge in [-0.2, -0.15) is 4.98 Å². The number of rotatable bonds is 9. The molecule has 0 radical (unpaired) electrons. The number of phenolic OH excluding ortho intramolecular Hbond substituents is 1. The van der Waals surface area contributed by atoms with E-state index in [4.69, 9.17) is 4.74 Å². The Morgan fingerprint density at radius 2 is 1.86 bits per heavy atom. The van der Waals surface area contributed by atoms with E-state index in [1.807, 2.05) is 6.92 Å². The summed E-state index contributed by atoms with van der Waals surface area (Å²) in [5.41, 5.74) is 0.341. The summed E-state index contributed by atoms with van der Waals surface area (Å²) in [5, 5.41) is 21.8. The number of anilines is 2. The van der Waals surface area contributed by atoms with Gasteiger partial charge in [-0.3, -0.25) is 14.3 Å². The standard InChI is InChI=1S/C25H24N6O6/c1-15-11-18(5-8-20(15)37-21-12-26-9-10-27-21)28-23-29-24(35)31(13-16(2)22(33)34)25(36)30(23)14-17-3-6-19(32)7-4-17/h3-12,16,32H,13-14H2,1-2H3,(H,33,34)(H,28,29,35)/t16-/m0/s1. The molecule has 12 nitrogen and oxygen atoms in total. The van der Waals surface area contributed by atoms with Gasteiger partial charge in [0.15, 0.2) is 0 Å². The Balaban J connectivity index is 1.70. The summed E-state index contributed by atoms with van der Waals surface area (Å²) >= 11 is 0. The van der Waals surface area contributed by atoms with Gasteiger partial charge in [0.25, 0.3) is 0 Å². The Labute approximate surface area is 210 Å². The number of aromatic hydroxyl groups is 1. The summed E-state index contributed by atoms with van der Waals surface area (Å²) in [6.07, 6.45) is 4.53. The minimum atomic E-state index is -1.14. The van der Waals surface area contributed by atoms with Crippen LogP contribution < -0.4 is 21.4 Å². The van der Waals surface area contributed by atoms with Crippen LogP contribution in [0.2, 0.25) is 0 Å². The first-order valence-corrected chi connectivity index (χ1v) is 11.2. The first-order valence-electron chi connectivity index (χ1n) is 11.2. The zero-order valence-electron chi connectivity index (χ0n) is 20.0. The zero-order valence-corrected chi connectivity index (χ0v) is 20.0. The van der Waals surface area contributed by atoms with E-state index in [2.05, 4.69) is 20.3 Å². The van der Waals surface area contributed by atoms with Crippen LogP contribution in [0.5, 0.6) is 17.4 Å². The van der Waals surface area contributed by atoms with Crippen molar-refractivity contribution in [3.8, 4) is 17.4 Å². The fourth-order valence-electron chi connectivity index (χ4n) is 3.48. The van der Waals surface area contributed by atoms with Crippen molar-refractivity contribution in [1.82, 2.24) is 24.1 Å². The average Bonchev–Trinajstić information content (AvgIpc) is 2.87. The van der Waals surface area contributed by atoms with Gasteiger partial charge in [0.05, 0.1) is 18.7 Å². The number of hydrogen-bond donors (Lipinski definition) is 3. The predicted molar refractivity (Wildman–Crippen MR) is 133 cm³/mol. The van der Waals surface area contributed by atoms with Gasteiger partial charge in [-0.05, 0) is 48.4 Å². The average molecular weight is 505 g/mol. The topological polar surface area (TPSA) is 161 Å². The molecular formula is C25H24N6O6. The van der Waals surface area contributed by atoms with Crippen molar-refractivity contribution in [2.24, 2.45) is 5.92 Å². The van der Waals surface area contributed by atoms with Gasteiger partial charge in [-0.1, -0.05) is 19.1 Å². The van der Waals surface area contributed by atoms with Crippen molar-refractivity contribution in [2.75, 3.05) is 5.32 Å². The van der Waals surface area contributed by atoms with Crippen molar-refractivity contribution < 1.29 is 19.7 Å². The normalized spacial score (nSPS) is 11.6. The third kappa shape index (κ3) is 5.99. The van der Waals surface area contributed by atoms with Gasteiger partial charge in [-0.15, -0.1) is 0 Å². The molecule has 2 aromatic carbocycles. The minimum absolute atomic E-state index is 0.0169. The second-order valence-corrected chi connectivity index (χ2v) is 8.35. The van der Waals surface area contributed by atoms with Crippen LogP contribution >= 0.6 is 0 Å². The highest BCUT2D eigenvalue weighted by Gasteiger charge is 2.19.